The van der Waals surface area contributed by atoms with Gasteiger partial charge in [0.25, 0.3) is 15.9 Å². The summed E-state index contributed by atoms with van der Waals surface area (Å²) in [6.07, 6.45) is 2.16. The van der Waals surface area contributed by atoms with Crippen molar-refractivity contribution >= 4 is 27.6 Å². The van der Waals surface area contributed by atoms with Crippen LogP contribution in [0.25, 0.3) is 11.3 Å². The zero-order valence-corrected chi connectivity index (χ0v) is 27.5. The highest BCUT2D eigenvalue weighted by atomic mass is 32.2. The summed E-state index contributed by atoms with van der Waals surface area (Å²) in [7, 11) is -4.49. The molecule has 3 heterocycles. The first-order valence-electron chi connectivity index (χ1n) is 15.2. The Morgan fingerprint density at radius 2 is 1.82 bits per heavy atom. The Labute approximate surface area is 281 Å². The van der Waals surface area contributed by atoms with Gasteiger partial charge in [-0.25, -0.2) is 19.1 Å². The maximum absolute atomic E-state index is 14.8. The predicted octanol–water partition coefficient (Wildman–Crippen LogP) is 6.85. The van der Waals surface area contributed by atoms with Gasteiger partial charge in [0.1, 0.15) is 23.2 Å². The summed E-state index contributed by atoms with van der Waals surface area (Å²) in [6.45, 7) is 5.91. The van der Waals surface area contributed by atoms with E-state index in [4.69, 9.17) is 15.5 Å². The molecule has 1 amide bonds. The molecule has 1 aliphatic heterocycles. The Kier molecular flexibility index (Phi) is 10.1. The number of halogens is 4. The van der Waals surface area contributed by atoms with Crippen LogP contribution < -0.4 is 20.1 Å². The number of alkyl halides is 3. The molecule has 3 N–H and O–H groups in total. The highest BCUT2D eigenvalue weighted by Crippen LogP contribution is 2.34. The molecule has 9 nitrogen and oxygen atoms in total. The molecule has 0 saturated heterocycles. The number of nitrogens with one attached hydrogen (secondary N) is 1. The number of sulfonamides is 1. The van der Waals surface area contributed by atoms with Gasteiger partial charge in [0.05, 0.1) is 29.5 Å². The Morgan fingerprint density at radius 3 is 2.53 bits per heavy atom. The number of rotatable bonds is 10. The van der Waals surface area contributed by atoms with E-state index < -0.39 is 44.6 Å². The number of amides is 1. The lowest BCUT2D eigenvalue weighted by Crippen LogP contribution is -2.37. The van der Waals surface area contributed by atoms with Crippen molar-refractivity contribution in [2.75, 3.05) is 17.2 Å². The van der Waals surface area contributed by atoms with E-state index in [0.29, 0.717) is 23.3 Å². The number of hydrogen-bond donors (Lipinski definition) is 2. The minimum atomic E-state index is -4.56. The predicted molar refractivity (Wildman–Crippen MR) is 178 cm³/mol. The number of pyridine rings is 2. The number of benzene rings is 2. The summed E-state index contributed by atoms with van der Waals surface area (Å²) < 4.78 is 89.6. The lowest BCUT2D eigenvalue weighted by atomic mass is 9.96. The van der Waals surface area contributed by atoms with E-state index in [1.165, 1.54) is 48.5 Å². The summed E-state index contributed by atoms with van der Waals surface area (Å²) >= 11 is 0. The summed E-state index contributed by atoms with van der Waals surface area (Å²) in [4.78, 5) is 23.7. The Balaban J connectivity index is 1.59. The summed E-state index contributed by atoms with van der Waals surface area (Å²) in [5.74, 6) is -1.34. The van der Waals surface area contributed by atoms with Crippen LogP contribution in [0.1, 0.15) is 40.9 Å². The summed E-state index contributed by atoms with van der Waals surface area (Å²) in [5.41, 5.74) is 6.21. The monoisotopic (exact) mass is 695 g/mol. The number of nitrogens with zero attached hydrogens (tertiary/aromatic N) is 3. The standard InChI is InChI=1S/C35H33F4N5O4S/c1-21(2)20-48-28-18-24(16-26(36)19-28)30-13-12-29(34(45)43-49(46,47)32-9-6-8-31(40)42-32)33(41-30)44-14-5-4-7-27(44)17-23-15-25(35(37,38)39)11-10-22(23)3/h4-16,18-19,21,27H,17,20H2,1-3H3,(H2,40,42)(H,43,45). The van der Waals surface area contributed by atoms with Crippen molar-refractivity contribution in [3.8, 4) is 17.0 Å². The number of anilines is 2. The van der Waals surface area contributed by atoms with Crippen LogP contribution in [0.4, 0.5) is 29.2 Å². The van der Waals surface area contributed by atoms with Crippen LogP contribution in [0.2, 0.25) is 0 Å². The molecule has 0 spiro atoms. The molecule has 2 aromatic carbocycles. The largest absolute Gasteiger partial charge is 0.493 e. The van der Waals surface area contributed by atoms with E-state index in [-0.39, 0.29) is 41.0 Å². The third-order valence-corrected chi connectivity index (χ3v) is 8.75. The van der Waals surface area contributed by atoms with E-state index in [0.717, 1.165) is 12.1 Å². The van der Waals surface area contributed by atoms with Gasteiger partial charge in [0.2, 0.25) is 0 Å². The van der Waals surface area contributed by atoms with Gasteiger partial charge >= 0.3 is 6.18 Å². The quantitative estimate of drug-likeness (QED) is 0.173. The molecule has 1 atom stereocenters. The molecule has 0 radical (unpaired) electrons. The van der Waals surface area contributed by atoms with Crippen LogP contribution in [0.15, 0.2) is 96.2 Å². The van der Waals surface area contributed by atoms with Gasteiger partial charge in [-0.05, 0) is 85.0 Å². The maximum atomic E-state index is 14.8. The number of carbonyl (C=O) groups is 1. The fourth-order valence-corrected chi connectivity index (χ4v) is 6.02. The van der Waals surface area contributed by atoms with Gasteiger partial charge in [-0.15, -0.1) is 0 Å². The van der Waals surface area contributed by atoms with E-state index >= 15 is 0 Å². The Bertz CT molecular complexity index is 2050. The fourth-order valence-electron chi connectivity index (χ4n) is 5.07. The van der Waals surface area contributed by atoms with Crippen molar-refractivity contribution in [1.29, 1.82) is 0 Å². The van der Waals surface area contributed by atoms with Crippen molar-refractivity contribution in [2.24, 2.45) is 5.92 Å². The first-order valence-corrected chi connectivity index (χ1v) is 16.6. The van der Waals surface area contributed by atoms with Crippen molar-refractivity contribution < 1.29 is 35.5 Å². The summed E-state index contributed by atoms with van der Waals surface area (Å²) in [6, 6.07) is 13.6. The first kappa shape index (κ1) is 35.1. The van der Waals surface area contributed by atoms with E-state index in [1.807, 2.05) is 18.6 Å². The molecular formula is C35H33F4N5O4S. The molecule has 49 heavy (non-hydrogen) atoms. The molecule has 0 fully saturated rings. The number of hydrogen-bond acceptors (Lipinski definition) is 8. The zero-order chi connectivity index (χ0) is 35.5. The van der Waals surface area contributed by atoms with Gasteiger partial charge in [-0.1, -0.05) is 38.1 Å². The smallest absolute Gasteiger partial charge is 0.416 e. The van der Waals surface area contributed by atoms with Gasteiger partial charge in [0, 0.05) is 17.8 Å². The number of aromatic nitrogens is 2. The molecule has 1 unspecified atom stereocenters. The van der Waals surface area contributed by atoms with Gasteiger partial charge < -0.3 is 15.4 Å². The van der Waals surface area contributed by atoms with E-state index in [9.17, 15) is 30.8 Å². The number of ether oxygens (including phenoxy) is 1. The molecule has 0 bridgehead atoms. The number of allylic oxidation sites excluding steroid dienone is 2. The molecule has 256 valence electrons. The summed E-state index contributed by atoms with van der Waals surface area (Å²) in [5, 5.41) is -0.487. The maximum Gasteiger partial charge on any atom is 0.416 e. The number of nitrogen functional groups attached to an aromatic ring is 1. The van der Waals surface area contributed by atoms with Crippen LogP contribution in [0.5, 0.6) is 5.75 Å². The van der Waals surface area contributed by atoms with E-state index in [1.54, 1.807) is 42.3 Å². The van der Waals surface area contributed by atoms with Crippen molar-refractivity contribution in [3.63, 3.8) is 0 Å². The Morgan fingerprint density at radius 1 is 1.04 bits per heavy atom. The van der Waals surface area contributed by atoms with Crippen LogP contribution >= 0.6 is 0 Å². The lowest BCUT2D eigenvalue weighted by Gasteiger charge is -2.31. The molecule has 1 aliphatic rings. The number of nitrogens with two attached hydrogens (primary N) is 1. The van der Waals surface area contributed by atoms with Crippen LogP contribution in [0, 0.1) is 18.7 Å². The highest BCUT2D eigenvalue weighted by Gasteiger charge is 2.32. The average Bonchev–Trinajstić information content (AvgIpc) is 3.04. The molecule has 0 aliphatic carbocycles. The Hall–Kier alpha value is -5.24. The molecule has 2 aromatic heterocycles. The second-order valence-corrected chi connectivity index (χ2v) is 13.5. The van der Waals surface area contributed by atoms with Gasteiger partial charge in [-0.2, -0.15) is 21.6 Å². The molecular weight excluding hydrogens is 662 g/mol. The lowest BCUT2D eigenvalue weighted by molar-refractivity contribution is -0.137. The second kappa shape index (κ2) is 14.1. The molecule has 5 rings (SSSR count). The number of carbonyl (C=O) groups excluding carboxylic acids is 1. The van der Waals surface area contributed by atoms with Crippen LogP contribution in [-0.2, 0) is 22.6 Å². The minimum Gasteiger partial charge on any atom is -0.493 e. The number of aryl methyl sites for hydroxylation is 1. The molecule has 4 aromatic rings. The zero-order valence-electron chi connectivity index (χ0n) is 26.7. The average molecular weight is 696 g/mol. The second-order valence-electron chi connectivity index (χ2n) is 11.8. The topological polar surface area (TPSA) is 128 Å². The molecule has 0 saturated carbocycles. The minimum absolute atomic E-state index is 0.0325. The van der Waals surface area contributed by atoms with Crippen molar-refractivity contribution in [3.05, 3.63) is 119 Å². The third-order valence-electron chi connectivity index (χ3n) is 7.52. The molecule has 14 heteroatoms. The van der Waals surface area contributed by atoms with Crippen molar-refractivity contribution in [2.45, 2.75) is 44.4 Å². The normalized spacial score (nSPS) is 14.7. The van der Waals surface area contributed by atoms with Crippen LogP contribution in [0.3, 0.4) is 0 Å². The highest BCUT2D eigenvalue weighted by molar-refractivity contribution is 7.90. The van der Waals surface area contributed by atoms with Crippen molar-refractivity contribution in [1.82, 2.24) is 14.7 Å². The SMILES string of the molecule is Cc1ccc(C(F)(F)F)cc1CC1C=CC=CN1c1nc(-c2cc(F)cc(OCC(C)C)c2)ccc1C(=O)NS(=O)(=O)c1cccc(N)n1. The van der Waals surface area contributed by atoms with E-state index in [2.05, 4.69) is 4.98 Å². The first-order chi connectivity index (χ1) is 23.1. The fraction of sp³-hybridized carbons (Fsp3) is 0.229. The van der Waals surface area contributed by atoms with Gasteiger partial charge in [-0.3, -0.25) is 4.79 Å². The van der Waals surface area contributed by atoms with Gasteiger partial charge in [0.15, 0.2) is 5.03 Å². The van der Waals surface area contributed by atoms with Crippen LogP contribution in [-0.4, -0.2) is 36.9 Å². The third kappa shape index (κ3) is 8.44.